The first-order valence-electron chi connectivity index (χ1n) is 8.76. The average molecular weight is 394 g/mol. The van der Waals surface area contributed by atoms with E-state index >= 15 is 0 Å². The van der Waals surface area contributed by atoms with E-state index in [0.29, 0.717) is 48.9 Å². The smallest absolute Gasteiger partial charge is 0.416 e. The number of alkyl halides is 3. The van der Waals surface area contributed by atoms with Gasteiger partial charge in [-0.15, -0.1) is 0 Å². The Morgan fingerprint density at radius 2 is 1.54 bits per heavy atom. The molecule has 3 rings (SSSR count). The lowest BCUT2D eigenvalue weighted by Crippen LogP contribution is -2.48. The van der Waals surface area contributed by atoms with Crippen molar-refractivity contribution >= 4 is 11.6 Å². The van der Waals surface area contributed by atoms with E-state index in [4.69, 9.17) is 9.47 Å². The molecule has 1 aliphatic rings. The van der Waals surface area contributed by atoms with Gasteiger partial charge < -0.3 is 19.3 Å². The Kier molecular flexibility index (Phi) is 5.67. The van der Waals surface area contributed by atoms with E-state index in [9.17, 15) is 18.0 Å². The monoisotopic (exact) mass is 394 g/mol. The van der Waals surface area contributed by atoms with Crippen LogP contribution >= 0.6 is 0 Å². The third-order valence-corrected chi connectivity index (χ3v) is 4.70. The van der Waals surface area contributed by atoms with Crippen LogP contribution in [0.1, 0.15) is 15.9 Å². The quantitative estimate of drug-likeness (QED) is 0.793. The number of hydrogen-bond donors (Lipinski definition) is 0. The second kappa shape index (κ2) is 8.00. The van der Waals surface area contributed by atoms with E-state index in [1.54, 1.807) is 29.2 Å². The number of anilines is 1. The molecule has 0 aromatic heterocycles. The fourth-order valence-electron chi connectivity index (χ4n) is 3.16. The Hall–Kier alpha value is -2.90. The van der Waals surface area contributed by atoms with Crippen LogP contribution in [0.2, 0.25) is 0 Å². The van der Waals surface area contributed by atoms with E-state index in [-0.39, 0.29) is 5.91 Å². The normalized spacial score (nSPS) is 14.8. The number of nitrogens with zero attached hydrogens (tertiary/aromatic N) is 2. The molecule has 150 valence electrons. The molecule has 5 nitrogen and oxygen atoms in total. The molecular formula is C20H21F3N2O3. The fraction of sp³-hybridized carbons (Fsp3) is 0.350. The van der Waals surface area contributed by atoms with Gasteiger partial charge in [0, 0.05) is 43.5 Å². The third-order valence-electron chi connectivity index (χ3n) is 4.70. The van der Waals surface area contributed by atoms with Crippen molar-refractivity contribution in [3.63, 3.8) is 0 Å². The molecule has 28 heavy (non-hydrogen) atoms. The van der Waals surface area contributed by atoms with Crippen LogP contribution in [0.5, 0.6) is 11.5 Å². The molecule has 8 heteroatoms. The minimum absolute atomic E-state index is 0.166. The van der Waals surface area contributed by atoms with Gasteiger partial charge in [0.15, 0.2) is 0 Å². The van der Waals surface area contributed by atoms with Crippen LogP contribution < -0.4 is 14.4 Å². The summed E-state index contributed by atoms with van der Waals surface area (Å²) in [6.45, 7) is 1.73. The summed E-state index contributed by atoms with van der Waals surface area (Å²) in [6.07, 6.45) is -4.38. The first-order chi connectivity index (χ1) is 13.3. The van der Waals surface area contributed by atoms with Crippen molar-refractivity contribution < 1.29 is 27.4 Å². The van der Waals surface area contributed by atoms with Crippen LogP contribution in [0.3, 0.4) is 0 Å². The zero-order valence-corrected chi connectivity index (χ0v) is 15.6. The minimum Gasteiger partial charge on any atom is -0.497 e. The Labute approximate surface area is 161 Å². The highest BCUT2D eigenvalue weighted by atomic mass is 19.4. The van der Waals surface area contributed by atoms with E-state index in [1.165, 1.54) is 20.3 Å². The summed E-state index contributed by atoms with van der Waals surface area (Å²) in [5.41, 5.74) is 0.278. The highest BCUT2D eigenvalue weighted by Crippen LogP contribution is 2.32. The van der Waals surface area contributed by atoms with Crippen molar-refractivity contribution in [2.75, 3.05) is 45.3 Å². The molecule has 1 saturated heterocycles. The Bertz CT molecular complexity index is 825. The third kappa shape index (κ3) is 4.32. The Balaban J connectivity index is 1.70. The molecule has 0 N–H and O–H groups in total. The molecule has 1 aliphatic heterocycles. The lowest BCUT2D eigenvalue weighted by atomic mass is 10.1. The summed E-state index contributed by atoms with van der Waals surface area (Å²) in [6, 6.07) is 10.2. The Morgan fingerprint density at radius 3 is 2.07 bits per heavy atom. The first kappa shape index (κ1) is 19.9. The molecule has 1 fully saturated rings. The van der Waals surface area contributed by atoms with Gasteiger partial charge in [0.05, 0.1) is 19.8 Å². The van der Waals surface area contributed by atoms with Gasteiger partial charge in [0.2, 0.25) is 0 Å². The van der Waals surface area contributed by atoms with Gasteiger partial charge in [-0.3, -0.25) is 4.79 Å². The van der Waals surface area contributed by atoms with Gasteiger partial charge >= 0.3 is 6.18 Å². The molecule has 0 radical (unpaired) electrons. The van der Waals surface area contributed by atoms with Crippen molar-refractivity contribution in [1.82, 2.24) is 4.90 Å². The molecule has 1 amide bonds. The van der Waals surface area contributed by atoms with E-state index in [0.717, 1.165) is 12.1 Å². The summed E-state index contributed by atoms with van der Waals surface area (Å²) in [5, 5.41) is 0. The lowest BCUT2D eigenvalue weighted by Gasteiger charge is -2.36. The van der Waals surface area contributed by atoms with Gasteiger partial charge in [-0.1, -0.05) is 6.07 Å². The molecule has 0 saturated carbocycles. The number of rotatable bonds is 4. The summed E-state index contributed by atoms with van der Waals surface area (Å²) in [5.74, 6) is 0.872. The number of piperazine rings is 1. The van der Waals surface area contributed by atoms with Gasteiger partial charge in [-0.25, -0.2) is 0 Å². The molecule has 0 atom stereocenters. The van der Waals surface area contributed by atoms with Gasteiger partial charge in [0.1, 0.15) is 11.5 Å². The lowest BCUT2D eigenvalue weighted by molar-refractivity contribution is -0.137. The number of ether oxygens (including phenoxy) is 2. The van der Waals surface area contributed by atoms with Crippen molar-refractivity contribution in [1.29, 1.82) is 0 Å². The molecule has 2 aromatic carbocycles. The van der Waals surface area contributed by atoms with Crippen LogP contribution in [0.4, 0.5) is 18.9 Å². The largest absolute Gasteiger partial charge is 0.497 e. The number of benzene rings is 2. The van der Waals surface area contributed by atoms with E-state index < -0.39 is 11.7 Å². The number of methoxy groups -OCH3 is 2. The van der Waals surface area contributed by atoms with E-state index in [2.05, 4.69) is 0 Å². The second-order valence-corrected chi connectivity index (χ2v) is 6.43. The number of amides is 1. The van der Waals surface area contributed by atoms with Crippen molar-refractivity contribution in [3.8, 4) is 11.5 Å². The minimum atomic E-state index is -4.38. The topological polar surface area (TPSA) is 42.0 Å². The average Bonchev–Trinajstić information content (AvgIpc) is 2.72. The van der Waals surface area contributed by atoms with E-state index in [1.807, 2.05) is 4.90 Å². The number of carbonyl (C=O) groups excluding carboxylic acids is 1. The molecule has 0 unspecified atom stereocenters. The van der Waals surface area contributed by atoms with Crippen molar-refractivity contribution in [2.45, 2.75) is 6.18 Å². The summed E-state index contributed by atoms with van der Waals surface area (Å²) < 4.78 is 49.2. The predicted molar refractivity (Wildman–Crippen MR) is 99.1 cm³/mol. The number of hydrogen-bond acceptors (Lipinski definition) is 4. The van der Waals surface area contributed by atoms with Gasteiger partial charge in [-0.05, 0) is 30.3 Å². The molecule has 1 heterocycles. The summed E-state index contributed by atoms with van der Waals surface area (Å²) in [4.78, 5) is 16.3. The second-order valence-electron chi connectivity index (χ2n) is 6.43. The van der Waals surface area contributed by atoms with Crippen LogP contribution in [0.25, 0.3) is 0 Å². The zero-order chi connectivity index (χ0) is 20.3. The van der Waals surface area contributed by atoms with Crippen molar-refractivity contribution in [3.05, 3.63) is 53.6 Å². The predicted octanol–water partition coefficient (Wildman–Crippen LogP) is 3.69. The SMILES string of the molecule is COc1cc(OC)cc(C(=O)N2CCN(c3cccc(C(F)(F)F)c3)CC2)c1. The highest BCUT2D eigenvalue weighted by molar-refractivity contribution is 5.95. The first-order valence-corrected chi connectivity index (χ1v) is 8.76. The maximum atomic E-state index is 12.9. The Morgan fingerprint density at radius 1 is 0.929 bits per heavy atom. The van der Waals surface area contributed by atoms with Crippen molar-refractivity contribution in [2.24, 2.45) is 0 Å². The summed E-state index contributed by atoms with van der Waals surface area (Å²) in [7, 11) is 3.02. The molecule has 0 spiro atoms. The highest BCUT2D eigenvalue weighted by Gasteiger charge is 2.31. The fourth-order valence-corrected chi connectivity index (χ4v) is 3.16. The van der Waals surface area contributed by atoms with Crippen LogP contribution in [0.15, 0.2) is 42.5 Å². The number of carbonyl (C=O) groups is 1. The molecule has 0 aliphatic carbocycles. The van der Waals surface area contributed by atoms with Gasteiger partial charge in [0.25, 0.3) is 5.91 Å². The molecule has 0 bridgehead atoms. The molecule has 2 aromatic rings. The van der Waals surface area contributed by atoms with Gasteiger partial charge in [-0.2, -0.15) is 13.2 Å². The maximum Gasteiger partial charge on any atom is 0.416 e. The standard InChI is InChI=1S/C20H21F3N2O3/c1-27-17-10-14(11-18(13-17)28-2)19(26)25-8-6-24(7-9-25)16-5-3-4-15(12-16)20(21,22)23/h3-5,10-13H,6-9H2,1-2H3. The van der Waals surface area contributed by atoms with Crippen LogP contribution in [-0.2, 0) is 6.18 Å². The summed E-state index contributed by atoms with van der Waals surface area (Å²) >= 11 is 0. The maximum absolute atomic E-state index is 12.9. The van der Waals surface area contributed by atoms with Crippen LogP contribution in [-0.4, -0.2) is 51.2 Å². The molecular weight excluding hydrogens is 373 g/mol. The zero-order valence-electron chi connectivity index (χ0n) is 15.6. The number of halogens is 3. The van der Waals surface area contributed by atoms with Crippen LogP contribution in [0, 0.1) is 0 Å².